The Hall–Kier alpha value is -0.970. The minimum absolute atomic E-state index is 0. The van der Waals surface area contributed by atoms with Crippen LogP contribution in [-0.4, -0.2) is 37.0 Å². The number of halogens is 2. The zero-order valence-electron chi connectivity index (χ0n) is 14.0. The van der Waals surface area contributed by atoms with Gasteiger partial charge in [-0.05, 0) is 56.5 Å². The van der Waals surface area contributed by atoms with E-state index in [1.165, 1.54) is 32.4 Å². The third-order valence-corrected chi connectivity index (χ3v) is 4.14. The number of aryl methyl sites for hydroxylation is 1. The number of anilines is 1. The van der Waals surface area contributed by atoms with Gasteiger partial charge in [-0.15, -0.1) is 24.8 Å². The van der Waals surface area contributed by atoms with Crippen molar-refractivity contribution in [3.8, 4) is 0 Å². The molecule has 1 unspecified atom stereocenters. The molecule has 1 atom stereocenters. The zero-order valence-corrected chi connectivity index (χ0v) is 15.6. The van der Waals surface area contributed by atoms with Gasteiger partial charge >= 0.3 is 0 Å². The van der Waals surface area contributed by atoms with Gasteiger partial charge in [0.1, 0.15) is 0 Å². The summed E-state index contributed by atoms with van der Waals surface area (Å²) in [4.78, 5) is 14.7. The van der Waals surface area contributed by atoms with E-state index in [1.54, 1.807) is 6.07 Å². The van der Waals surface area contributed by atoms with Crippen LogP contribution >= 0.6 is 24.8 Å². The second-order valence-corrected chi connectivity index (χ2v) is 6.25. The Balaban J connectivity index is 0.00000242. The second-order valence-electron chi connectivity index (χ2n) is 6.25. The molecule has 3 N–H and O–H groups in total. The van der Waals surface area contributed by atoms with Gasteiger partial charge in [-0.25, -0.2) is 0 Å². The molecule has 0 saturated carbocycles. The Morgan fingerprint density at radius 3 is 2.57 bits per heavy atom. The molecule has 1 saturated heterocycles. The Labute approximate surface area is 152 Å². The highest BCUT2D eigenvalue weighted by Crippen LogP contribution is 2.13. The molecule has 23 heavy (non-hydrogen) atoms. The van der Waals surface area contributed by atoms with Crippen molar-refractivity contribution in [1.82, 2.24) is 10.2 Å². The number of amides is 1. The normalized spacial score (nSPS) is 15.9. The fourth-order valence-electron chi connectivity index (χ4n) is 2.89. The smallest absolute Gasteiger partial charge is 0.251 e. The van der Waals surface area contributed by atoms with Gasteiger partial charge in [0.2, 0.25) is 0 Å². The third kappa shape index (κ3) is 6.98. The lowest BCUT2D eigenvalue weighted by Gasteiger charge is -2.29. The summed E-state index contributed by atoms with van der Waals surface area (Å²) in [5, 5.41) is 3.04. The van der Waals surface area contributed by atoms with Gasteiger partial charge < -0.3 is 16.0 Å². The van der Waals surface area contributed by atoms with Gasteiger partial charge in [0.25, 0.3) is 5.91 Å². The third-order valence-electron chi connectivity index (χ3n) is 4.14. The fraction of sp³-hybridized carbons (Fsp3) is 0.588. The summed E-state index contributed by atoms with van der Waals surface area (Å²) >= 11 is 0. The van der Waals surface area contributed by atoms with Crippen molar-refractivity contribution in [2.45, 2.75) is 33.1 Å². The molecular weight excluding hydrogens is 333 g/mol. The molecule has 0 aromatic heterocycles. The second kappa shape index (κ2) is 10.7. The van der Waals surface area contributed by atoms with E-state index in [0.717, 1.165) is 12.1 Å². The first-order valence-corrected chi connectivity index (χ1v) is 7.93. The van der Waals surface area contributed by atoms with Crippen molar-refractivity contribution in [2.75, 3.05) is 31.9 Å². The Bertz CT molecular complexity index is 491. The number of nitrogens with one attached hydrogen (secondary N) is 1. The maximum atomic E-state index is 12.2. The number of carbonyl (C=O) groups is 1. The van der Waals surface area contributed by atoms with Crippen molar-refractivity contribution in [3.05, 3.63) is 29.3 Å². The molecule has 0 bridgehead atoms. The molecule has 0 aliphatic carbocycles. The highest BCUT2D eigenvalue weighted by atomic mass is 35.5. The molecule has 132 valence electrons. The van der Waals surface area contributed by atoms with Crippen molar-refractivity contribution >= 4 is 36.4 Å². The minimum Gasteiger partial charge on any atom is -0.399 e. The first-order valence-electron chi connectivity index (χ1n) is 7.93. The van der Waals surface area contributed by atoms with Crippen LogP contribution in [0, 0.1) is 12.8 Å². The van der Waals surface area contributed by atoms with Gasteiger partial charge in [0, 0.05) is 24.3 Å². The molecule has 1 aromatic rings. The van der Waals surface area contributed by atoms with E-state index in [2.05, 4.69) is 17.1 Å². The molecule has 0 radical (unpaired) electrons. The monoisotopic (exact) mass is 361 g/mol. The summed E-state index contributed by atoms with van der Waals surface area (Å²) < 4.78 is 0. The predicted octanol–water partition coefficient (Wildman–Crippen LogP) is 3.27. The zero-order chi connectivity index (χ0) is 15.2. The molecule has 1 heterocycles. The first kappa shape index (κ1) is 22.0. The molecule has 1 aliphatic rings. The Morgan fingerprint density at radius 1 is 1.26 bits per heavy atom. The quantitative estimate of drug-likeness (QED) is 0.791. The molecule has 1 amide bonds. The van der Waals surface area contributed by atoms with E-state index in [4.69, 9.17) is 5.73 Å². The molecule has 1 fully saturated rings. The molecule has 1 aliphatic heterocycles. The molecular formula is C17H29Cl2N3O. The van der Waals surface area contributed by atoms with Crippen LogP contribution in [0.3, 0.4) is 0 Å². The molecule has 4 nitrogen and oxygen atoms in total. The number of carbonyl (C=O) groups excluding carboxylic acids is 1. The van der Waals surface area contributed by atoms with E-state index in [9.17, 15) is 4.79 Å². The SMILES string of the molecule is Cc1ccc(N)cc1C(=O)NCC(C)CN1CCCCC1.Cl.Cl. The number of nitrogen functional groups attached to an aromatic ring is 1. The average Bonchev–Trinajstić information content (AvgIpc) is 2.48. The number of benzene rings is 1. The van der Waals surface area contributed by atoms with Gasteiger partial charge in [-0.3, -0.25) is 4.79 Å². The van der Waals surface area contributed by atoms with Crippen LogP contribution in [-0.2, 0) is 0 Å². The summed E-state index contributed by atoms with van der Waals surface area (Å²) in [5.74, 6) is 0.443. The Morgan fingerprint density at radius 2 is 1.91 bits per heavy atom. The molecule has 6 heteroatoms. The lowest BCUT2D eigenvalue weighted by atomic mass is 10.1. The first-order chi connectivity index (χ1) is 10.1. The maximum Gasteiger partial charge on any atom is 0.251 e. The van der Waals surface area contributed by atoms with Crippen LogP contribution < -0.4 is 11.1 Å². The number of rotatable bonds is 5. The fourth-order valence-corrected chi connectivity index (χ4v) is 2.89. The average molecular weight is 362 g/mol. The lowest BCUT2D eigenvalue weighted by Crippen LogP contribution is -2.38. The van der Waals surface area contributed by atoms with E-state index in [1.807, 2.05) is 19.1 Å². The highest BCUT2D eigenvalue weighted by Gasteiger charge is 2.15. The van der Waals surface area contributed by atoms with E-state index in [-0.39, 0.29) is 30.7 Å². The molecule has 0 spiro atoms. The van der Waals surface area contributed by atoms with E-state index < -0.39 is 0 Å². The van der Waals surface area contributed by atoms with E-state index in [0.29, 0.717) is 23.7 Å². The van der Waals surface area contributed by atoms with Crippen molar-refractivity contribution in [3.63, 3.8) is 0 Å². The van der Waals surface area contributed by atoms with Crippen LogP contribution in [0.2, 0.25) is 0 Å². The van der Waals surface area contributed by atoms with Crippen LogP contribution in [0.5, 0.6) is 0 Å². The summed E-state index contributed by atoms with van der Waals surface area (Å²) in [5.41, 5.74) is 8.03. The van der Waals surface area contributed by atoms with Crippen molar-refractivity contribution in [1.29, 1.82) is 0 Å². The van der Waals surface area contributed by atoms with Crippen LogP contribution in [0.15, 0.2) is 18.2 Å². The van der Waals surface area contributed by atoms with Crippen molar-refractivity contribution < 1.29 is 4.79 Å². The van der Waals surface area contributed by atoms with Gasteiger partial charge in [-0.1, -0.05) is 19.4 Å². The minimum atomic E-state index is -0.0229. The van der Waals surface area contributed by atoms with Gasteiger partial charge in [0.05, 0.1) is 0 Å². The number of nitrogens with zero attached hydrogens (tertiary/aromatic N) is 1. The lowest BCUT2D eigenvalue weighted by molar-refractivity contribution is 0.0942. The summed E-state index contributed by atoms with van der Waals surface area (Å²) in [6.45, 7) is 8.31. The van der Waals surface area contributed by atoms with Gasteiger partial charge in [-0.2, -0.15) is 0 Å². The number of nitrogens with two attached hydrogens (primary N) is 1. The van der Waals surface area contributed by atoms with Gasteiger partial charge in [0.15, 0.2) is 0 Å². The highest BCUT2D eigenvalue weighted by molar-refractivity contribution is 5.96. The van der Waals surface area contributed by atoms with Crippen LogP contribution in [0.25, 0.3) is 0 Å². The number of piperidine rings is 1. The molecule has 1 aromatic carbocycles. The molecule has 2 rings (SSSR count). The number of hydrogen-bond acceptors (Lipinski definition) is 3. The van der Waals surface area contributed by atoms with Crippen LogP contribution in [0.4, 0.5) is 5.69 Å². The standard InChI is InChI=1S/C17H27N3O.2ClH/c1-13(12-20-8-4-3-5-9-20)11-19-17(21)16-10-15(18)7-6-14(16)2;;/h6-7,10,13H,3-5,8-9,11-12,18H2,1-2H3,(H,19,21);2*1H. The van der Waals surface area contributed by atoms with E-state index >= 15 is 0 Å². The number of hydrogen-bond donors (Lipinski definition) is 2. The topological polar surface area (TPSA) is 58.4 Å². The number of likely N-dealkylation sites (tertiary alicyclic amines) is 1. The largest absolute Gasteiger partial charge is 0.399 e. The summed E-state index contributed by atoms with van der Waals surface area (Å²) in [6.07, 6.45) is 3.97. The maximum absolute atomic E-state index is 12.2. The summed E-state index contributed by atoms with van der Waals surface area (Å²) in [6, 6.07) is 5.46. The van der Waals surface area contributed by atoms with Crippen molar-refractivity contribution in [2.24, 2.45) is 5.92 Å². The predicted molar refractivity (Wildman–Crippen MR) is 102 cm³/mol. The summed E-state index contributed by atoms with van der Waals surface area (Å²) in [7, 11) is 0. The Kier molecular flexibility index (Phi) is 10.3. The van der Waals surface area contributed by atoms with Crippen LogP contribution in [0.1, 0.15) is 42.1 Å².